The highest BCUT2D eigenvalue weighted by Crippen LogP contribution is 2.27. The number of thioether (sulfide) groups is 1. The van der Waals surface area contributed by atoms with Crippen molar-refractivity contribution >= 4 is 28.7 Å². The second kappa shape index (κ2) is 8.24. The number of amides is 2. The standard InChI is InChI=1S/C19H18N2O5S/c1-25-14-8-4-13(5-9-14)16(22)11-26-15-6-2-12(3-7-15)10-17-18(23)21(20)19(24)27-17/h2-9,17H,10-11,20H2,1H3. The van der Waals surface area contributed by atoms with Crippen LogP contribution in [0.1, 0.15) is 15.9 Å². The van der Waals surface area contributed by atoms with Crippen molar-refractivity contribution in [3.63, 3.8) is 0 Å². The van der Waals surface area contributed by atoms with Gasteiger partial charge in [-0.3, -0.25) is 14.4 Å². The van der Waals surface area contributed by atoms with E-state index in [1.54, 1.807) is 55.6 Å². The molecule has 27 heavy (non-hydrogen) atoms. The summed E-state index contributed by atoms with van der Waals surface area (Å²) in [6.07, 6.45) is 0.397. The van der Waals surface area contributed by atoms with Crippen molar-refractivity contribution in [1.29, 1.82) is 0 Å². The molecule has 1 fully saturated rings. The molecule has 0 bridgehead atoms. The zero-order valence-electron chi connectivity index (χ0n) is 14.6. The van der Waals surface area contributed by atoms with Crippen LogP contribution in [0.4, 0.5) is 4.79 Å². The van der Waals surface area contributed by atoms with Gasteiger partial charge in [0.25, 0.3) is 5.91 Å². The number of Topliss-reactive ketones (excluding diaryl/α,β-unsaturated/α-hetero) is 1. The average Bonchev–Trinajstić information content (AvgIpc) is 2.94. The molecule has 140 valence electrons. The molecule has 0 aliphatic carbocycles. The SMILES string of the molecule is COc1ccc(C(=O)COc2ccc(CC3SC(=O)N(N)C3=O)cc2)cc1. The number of nitrogens with two attached hydrogens (primary N) is 1. The quantitative estimate of drug-likeness (QED) is 0.443. The maximum absolute atomic E-state index is 12.2. The minimum Gasteiger partial charge on any atom is -0.497 e. The molecular weight excluding hydrogens is 368 g/mol. The summed E-state index contributed by atoms with van der Waals surface area (Å²) >= 11 is 0.923. The van der Waals surface area contributed by atoms with Gasteiger partial charge in [-0.1, -0.05) is 12.1 Å². The Bertz CT molecular complexity index is 851. The fraction of sp³-hybridized carbons (Fsp3) is 0.211. The highest BCUT2D eigenvalue weighted by atomic mass is 32.2. The fourth-order valence-electron chi connectivity index (χ4n) is 2.55. The monoisotopic (exact) mass is 386 g/mol. The number of imide groups is 1. The Kier molecular flexibility index (Phi) is 5.78. The van der Waals surface area contributed by atoms with Crippen LogP contribution in [0.15, 0.2) is 48.5 Å². The number of rotatable bonds is 7. The minimum atomic E-state index is -0.508. The summed E-state index contributed by atoms with van der Waals surface area (Å²) in [6, 6.07) is 13.9. The molecule has 0 saturated carbocycles. The highest BCUT2D eigenvalue weighted by molar-refractivity contribution is 8.15. The molecule has 1 heterocycles. The molecule has 0 radical (unpaired) electrons. The molecule has 2 aromatic rings. The van der Waals surface area contributed by atoms with Gasteiger partial charge in [-0.15, -0.1) is 0 Å². The van der Waals surface area contributed by atoms with Crippen molar-refractivity contribution in [3.05, 3.63) is 59.7 Å². The van der Waals surface area contributed by atoms with Gasteiger partial charge in [0.15, 0.2) is 12.4 Å². The van der Waals surface area contributed by atoms with Crippen molar-refractivity contribution in [2.45, 2.75) is 11.7 Å². The Morgan fingerprint density at radius 2 is 1.70 bits per heavy atom. The Balaban J connectivity index is 1.53. The zero-order chi connectivity index (χ0) is 19.4. The highest BCUT2D eigenvalue weighted by Gasteiger charge is 2.37. The fourth-order valence-corrected chi connectivity index (χ4v) is 3.49. The van der Waals surface area contributed by atoms with Crippen LogP contribution in [0.5, 0.6) is 11.5 Å². The molecule has 0 spiro atoms. The number of nitrogens with zero attached hydrogens (tertiary/aromatic N) is 1. The summed E-state index contributed by atoms with van der Waals surface area (Å²) < 4.78 is 10.6. The number of hydrogen-bond acceptors (Lipinski definition) is 7. The van der Waals surface area contributed by atoms with Crippen LogP contribution in [0, 0.1) is 0 Å². The summed E-state index contributed by atoms with van der Waals surface area (Å²) in [4.78, 5) is 35.4. The van der Waals surface area contributed by atoms with Crippen molar-refractivity contribution < 1.29 is 23.9 Å². The first-order chi connectivity index (χ1) is 13.0. The van der Waals surface area contributed by atoms with Gasteiger partial charge < -0.3 is 9.47 Å². The number of hydrazine groups is 1. The van der Waals surface area contributed by atoms with Gasteiger partial charge in [0.2, 0.25) is 0 Å². The molecule has 2 amide bonds. The van der Waals surface area contributed by atoms with Crippen molar-refractivity contribution in [2.75, 3.05) is 13.7 Å². The third-order valence-corrected chi connectivity index (χ3v) is 5.13. The van der Waals surface area contributed by atoms with Gasteiger partial charge >= 0.3 is 5.24 Å². The van der Waals surface area contributed by atoms with E-state index in [4.69, 9.17) is 15.3 Å². The Hall–Kier alpha value is -2.84. The van der Waals surface area contributed by atoms with E-state index in [9.17, 15) is 14.4 Å². The summed E-state index contributed by atoms with van der Waals surface area (Å²) in [5.41, 5.74) is 1.41. The van der Waals surface area contributed by atoms with Crippen LogP contribution in [0.25, 0.3) is 0 Å². The summed E-state index contributed by atoms with van der Waals surface area (Å²) in [6.45, 7) is -0.0841. The molecule has 3 rings (SSSR count). The lowest BCUT2D eigenvalue weighted by atomic mass is 10.1. The number of carbonyl (C=O) groups excluding carboxylic acids is 3. The lowest BCUT2D eigenvalue weighted by molar-refractivity contribution is -0.126. The average molecular weight is 386 g/mol. The van der Waals surface area contributed by atoms with Crippen LogP contribution < -0.4 is 15.3 Å². The van der Waals surface area contributed by atoms with E-state index in [1.807, 2.05) is 0 Å². The number of benzene rings is 2. The van der Waals surface area contributed by atoms with E-state index in [2.05, 4.69) is 0 Å². The van der Waals surface area contributed by atoms with Gasteiger partial charge in [-0.25, -0.2) is 10.9 Å². The molecule has 2 N–H and O–H groups in total. The van der Waals surface area contributed by atoms with Crippen molar-refractivity contribution in [1.82, 2.24) is 5.01 Å². The van der Waals surface area contributed by atoms with Crippen LogP contribution in [-0.4, -0.2) is 40.9 Å². The number of ketones is 1. The number of hydrogen-bond donors (Lipinski definition) is 1. The molecule has 1 aliphatic heterocycles. The van der Waals surface area contributed by atoms with Gasteiger partial charge in [0, 0.05) is 5.56 Å². The van der Waals surface area contributed by atoms with Crippen LogP contribution in [-0.2, 0) is 11.2 Å². The summed E-state index contributed by atoms with van der Waals surface area (Å²) in [5.74, 6) is 6.07. The van der Waals surface area contributed by atoms with Crippen LogP contribution in [0.3, 0.4) is 0 Å². The van der Waals surface area contributed by atoms with E-state index < -0.39 is 16.4 Å². The molecule has 8 heteroatoms. The van der Waals surface area contributed by atoms with Gasteiger partial charge in [-0.2, -0.15) is 0 Å². The molecule has 1 atom stereocenters. The van der Waals surface area contributed by atoms with Crippen LogP contribution in [0.2, 0.25) is 0 Å². The number of carbonyl (C=O) groups is 3. The second-order valence-electron chi connectivity index (χ2n) is 5.87. The first-order valence-corrected chi connectivity index (χ1v) is 9.04. The van der Waals surface area contributed by atoms with Gasteiger partial charge in [0.05, 0.1) is 12.4 Å². The predicted molar refractivity (Wildman–Crippen MR) is 101 cm³/mol. The van der Waals surface area contributed by atoms with Crippen molar-refractivity contribution in [3.8, 4) is 11.5 Å². The summed E-state index contributed by atoms with van der Waals surface area (Å²) in [5, 5.41) is -0.301. The number of ether oxygens (including phenoxy) is 2. The molecule has 2 aromatic carbocycles. The predicted octanol–water partition coefficient (Wildman–Crippen LogP) is 2.44. The second-order valence-corrected chi connectivity index (χ2v) is 7.02. The molecule has 1 saturated heterocycles. The molecule has 1 aliphatic rings. The van der Waals surface area contributed by atoms with E-state index in [0.29, 0.717) is 28.5 Å². The third-order valence-electron chi connectivity index (χ3n) is 4.08. The number of methoxy groups -OCH3 is 1. The molecular formula is C19H18N2O5S. The smallest absolute Gasteiger partial charge is 0.303 e. The topological polar surface area (TPSA) is 98.9 Å². The Morgan fingerprint density at radius 3 is 2.26 bits per heavy atom. The minimum absolute atomic E-state index is 0.0841. The zero-order valence-corrected chi connectivity index (χ0v) is 15.4. The maximum Gasteiger partial charge on any atom is 0.303 e. The van der Waals surface area contributed by atoms with Gasteiger partial charge in [0.1, 0.15) is 11.5 Å². The van der Waals surface area contributed by atoms with E-state index in [-0.39, 0.29) is 12.4 Å². The van der Waals surface area contributed by atoms with E-state index >= 15 is 0 Å². The Morgan fingerprint density at radius 1 is 1.07 bits per heavy atom. The largest absolute Gasteiger partial charge is 0.497 e. The first-order valence-electron chi connectivity index (χ1n) is 8.16. The Labute approximate surface area is 160 Å². The van der Waals surface area contributed by atoms with E-state index in [1.165, 1.54) is 0 Å². The summed E-state index contributed by atoms with van der Waals surface area (Å²) in [7, 11) is 1.56. The van der Waals surface area contributed by atoms with E-state index in [0.717, 1.165) is 17.3 Å². The molecule has 1 unspecified atom stereocenters. The maximum atomic E-state index is 12.2. The normalized spacial score (nSPS) is 16.5. The van der Waals surface area contributed by atoms with Crippen LogP contribution >= 0.6 is 11.8 Å². The lowest BCUT2D eigenvalue weighted by Gasteiger charge is -2.09. The molecule has 0 aromatic heterocycles. The first kappa shape index (κ1) is 18.9. The van der Waals surface area contributed by atoms with Gasteiger partial charge in [-0.05, 0) is 60.1 Å². The third kappa shape index (κ3) is 4.47. The molecule has 7 nitrogen and oxygen atoms in total. The van der Waals surface area contributed by atoms with Crippen molar-refractivity contribution in [2.24, 2.45) is 5.84 Å². The lowest BCUT2D eigenvalue weighted by Crippen LogP contribution is -2.37.